The molecular weight excluding hydrogens is 200 g/mol. The molecule has 0 radical (unpaired) electrons. The largest absolute Gasteiger partial charge is 0.468 e. The van der Waals surface area contributed by atoms with Crippen molar-refractivity contribution >= 4 is 17.7 Å². The molecule has 1 unspecified atom stereocenters. The number of methoxy groups -OCH3 is 1. The average Bonchev–Trinajstić information content (AvgIpc) is 2.51. The number of unbranched alkanes of at least 4 members (excludes halogenated alkanes) is 1. The molecule has 0 N–H and O–H groups in total. The van der Waals surface area contributed by atoms with Gasteiger partial charge in [-0.05, 0) is 6.42 Å². The zero-order chi connectivity index (χ0) is 11.4. The molecule has 5 nitrogen and oxygen atoms in total. The van der Waals surface area contributed by atoms with Gasteiger partial charge in [0.05, 0.1) is 7.11 Å². The Morgan fingerprint density at radius 1 is 1.47 bits per heavy atom. The van der Waals surface area contributed by atoms with E-state index in [1.165, 1.54) is 7.11 Å². The summed E-state index contributed by atoms with van der Waals surface area (Å²) in [6.45, 7) is 1.98. The van der Waals surface area contributed by atoms with Gasteiger partial charge in [-0.15, -0.1) is 0 Å². The number of esters is 2. The van der Waals surface area contributed by atoms with Crippen molar-refractivity contribution < 1.29 is 23.9 Å². The highest BCUT2D eigenvalue weighted by Crippen LogP contribution is 2.24. The second-order valence-corrected chi connectivity index (χ2v) is 3.45. The lowest BCUT2D eigenvalue weighted by atomic mass is 9.96. The Bertz CT molecular complexity index is 284. The first-order valence-corrected chi connectivity index (χ1v) is 4.94. The monoisotopic (exact) mass is 214 g/mol. The minimum atomic E-state index is -1.06. The van der Waals surface area contributed by atoms with Crippen LogP contribution in [0.1, 0.15) is 26.2 Å². The van der Waals surface area contributed by atoms with Crippen LogP contribution in [-0.4, -0.2) is 30.9 Å². The molecule has 1 aliphatic rings. The highest BCUT2D eigenvalue weighted by Gasteiger charge is 2.48. The first-order chi connectivity index (χ1) is 7.11. The fraction of sp³-hybridized carbons (Fsp3) is 0.700. The van der Waals surface area contributed by atoms with Crippen LogP contribution in [0, 0.1) is 5.92 Å². The Kier molecular flexibility index (Phi) is 3.82. The maximum atomic E-state index is 11.3. The zero-order valence-corrected chi connectivity index (χ0v) is 8.82. The molecule has 84 valence electrons. The first kappa shape index (κ1) is 11.7. The van der Waals surface area contributed by atoms with Crippen LogP contribution >= 0.6 is 0 Å². The summed E-state index contributed by atoms with van der Waals surface area (Å²) in [7, 11) is 1.19. The predicted molar refractivity (Wildman–Crippen MR) is 49.9 cm³/mol. The third kappa shape index (κ3) is 2.34. The summed E-state index contributed by atoms with van der Waals surface area (Å²) in [4.78, 5) is 33.6. The minimum absolute atomic E-state index is 0.522. The summed E-state index contributed by atoms with van der Waals surface area (Å²) in [5.74, 6) is -3.46. The Morgan fingerprint density at radius 3 is 2.67 bits per heavy atom. The topological polar surface area (TPSA) is 69.7 Å². The third-order valence-corrected chi connectivity index (χ3v) is 2.41. The van der Waals surface area contributed by atoms with Gasteiger partial charge in [0.15, 0.2) is 5.92 Å². The number of hydrogen-bond acceptors (Lipinski definition) is 5. The number of carbonyl (C=O) groups excluding carboxylic acids is 3. The van der Waals surface area contributed by atoms with E-state index in [0.717, 1.165) is 12.8 Å². The highest BCUT2D eigenvalue weighted by molar-refractivity contribution is 6.40. The molecule has 2 atom stereocenters. The van der Waals surface area contributed by atoms with Crippen LogP contribution in [0.3, 0.4) is 0 Å². The van der Waals surface area contributed by atoms with Gasteiger partial charge < -0.3 is 9.47 Å². The second kappa shape index (κ2) is 4.91. The van der Waals surface area contributed by atoms with Crippen LogP contribution in [0.2, 0.25) is 0 Å². The average molecular weight is 214 g/mol. The van der Waals surface area contributed by atoms with E-state index in [2.05, 4.69) is 4.74 Å². The van der Waals surface area contributed by atoms with Crippen molar-refractivity contribution in [2.75, 3.05) is 7.11 Å². The maximum Gasteiger partial charge on any atom is 0.376 e. The molecule has 0 saturated carbocycles. The maximum absolute atomic E-state index is 11.3. The third-order valence-electron chi connectivity index (χ3n) is 2.41. The lowest BCUT2D eigenvalue weighted by molar-refractivity contribution is -0.150. The number of ether oxygens (including phenoxy) is 2. The van der Waals surface area contributed by atoms with E-state index in [1.54, 1.807) is 0 Å². The van der Waals surface area contributed by atoms with Crippen LogP contribution in [0.15, 0.2) is 0 Å². The lowest BCUT2D eigenvalue weighted by Crippen LogP contribution is -2.30. The lowest BCUT2D eigenvalue weighted by Gasteiger charge is -2.13. The Morgan fingerprint density at radius 2 is 2.13 bits per heavy atom. The van der Waals surface area contributed by atoms with E-state index < -0.39 is 29.7 Å². The number of cyclic esters (lactones) is 1. The van der Waals surface area contributed by atoms with Crippen molar-refractivity contribution in [3.05, 3.63) is 0 Å². The summed E-state index contributed by atoms with van der Waals surface area (Å²) < 4.78 is 9.29. The molecule has 0 spiro atoms. The van der Waals surface area contributed by atoms with Crippen molar-refractivity contribution in [3.63, 3.8) is 0 Å². The fourth-order valence-electron chi connectivity index (χ4n) is 1.58. The van der Waals surface area contributed by atoms with E-state index in [-0.39, 0.29) is 0 Å². The Hall–Kier alpha value is -1.39. The summed E-state index contributed by atoms with van der Waals surface area (Å²) in [6.07, 6.45) is 1.60. The summed E-state index contributed by atoms with van der Waals surface area (Å²) >= 11 is 0. The molecule has 0 bridgehead atoms. The van der Waals surface area contributed by atoms with Crippen molar-refractivity contribution in [1.29, 1.82) is 0 Å². The Labute approximate surface area is 87.7 Å². The van der Waals surface area contributed by atoms with Crippen molar-refractivity contribution in [3.8, 4) is 0 Å². The number of carbonyl (C=O) groups is 3. The van der Waals surface area contributed by atoms with E-state index in [0.29, 0.717) is 6.42 Å². The fourth-order valence-corrected chi connectivity index (χ4v) is 1.58. The summed E-state index contributed by atoms with van der Waals surface area (Å²) in [5, 5.41) is 0. The van der Waals surface area contributed by atoms with Crippen LogP contribution in [0.5, 0.6) is 0 Å². The van der Waals surface area contributed by atoms with Gasteiger partial charge in [0, 0.05) is 0 Å². The van der Waals surface area contributed by atoms with E-state index in [9.17, 15) is 14.4 Å². The molecule has 1 saturated heterocycles. The highest BCUT2D eigenvalue weighted by atomic mass is 16.6. The smallest absolute Gasteiger partial charge is 0.376 e. The first-order valence-electron chi connectivity index (χ1n) is 4.94. The van der Waals surface area contributed by atoms with Gasteiger partial charge in [-0.2, -0.15) is 0 Å². The van der Waals surface area contributed by atoms with Gasteiger partial charge in [0.25, 0.3) is 5.78 Å². The molecule has 1 rings (SSSR count). The van der Waals surface area contributed by atoms with Crippen molar-refractivity contribution in [2.45, 2.75) is 32.3 Å². The summed E-state index contributed by atoms with van der Waals surface area (Å²) in [6, 6.07) is 0. The molecule has 0 aromatic rings. The molecule has 1 aliphatic heterocycles. The molecule has 0 aliphatic carbocycles. The minimum Gasteiger partial charge on any atom is -0.468 e. The van der Waals surface area contributed by atoms with Crippen LogP contribution in [0.4, 0.5) is 0 Å². The van der Waals surface area contributed by atoms with Gasteiger partial charge in [-0.3, -0.25) is 9.59 Å². The van der Waals surface area contributed by atoms with Crippen molar-refractivity contribution in [2.24, 2.45) is 5.92 Å². The zero-order valence-electron chi connectivity index (χ0n) is 8.82. The van der Waals surface area contributed by atoms with E-state index in [1.807, 2.05) is 6.92 Å². The number of rotatable bonds is 4. The second-order valence-electron chi connectivity index (χ2n) is 3.45. The number of ketones is 1. The molecule has 0 amide bonds. The molecule has 5 heteroatoms. The quantitative estimate of drug-likeness (QED) is 0.386. The van der Waals surface area contributed by atoms with Gasteiger partial charge >= 0.3 is 11.9 Å². The van der Waals surface area contributed by atoms with Gasteiger partial charge in [-0.1, -0.05) is 19.8 Å². The molecule has 0 aromatic heterocycles. The van der Waals surface area contributed by atoms with E-state index >= 15 is 0 Å². The van der Waals surface area contributed by atoms with Crippen LogP contribution in [0.25, 0.3) is 0 Å². The van der Waals surface area contributed by atoms with E-state index in [4.69, 9.17) is 4.74 Å². The SMILES string of the molecule is CCCC[C@@H]1OC(=O)C(=O)C1C(=O)OC. The molecule has 1 fully saturated rings. The predicted octanol–water partition coefficient (Wildman–Crippen LogP) is 0.460. The van der Waals surface area contributed by atoms with Crippen LogP contribution < -0.4 is 0 Å². The molecule has 15 heavy (non-hydrogen) atoms. The number of Topliss-reactive ketones (excluding diaryl/α,β-unsaturated/α-hetero) is 1. The Balaban J connectivity index is 2.73. The summed E-state index contributed by atoms with van der Waals surface area (Å²) in [5.41, 5.74) is 0. The normalized spacial score (nSPS) is 25.2. The van der Waals surface area contributed by atoms with Gasteiger partial charge in [-0.25, -0.2) is 4.79 Å². The molecule has 0 aromatic carbocycles. The molecule has 1 heterocycles. The van der Waals surface area contributed by atoms with Gasteiger partial charge in [0.2, 0.25) is 0 Å². The van der Waals surface area contributed by atoms with Crippen molar-refractivity contribution in [1.82, 2.24) is 0 Å². The number of hydrogen-bond donors (Lipinski definition) is 0. The standard InChI is InChI=1S/C10H14O5/c1-3-4-5-6-7(9(12)14-2)8(11)10(13)15-6/h6-7H,3-5H2,1-2H3/t6-,7?/m0/s1. The van der Waals surface area contributed by atoms with Gasteiger partial charge in [0.1, 0.15) is 6.10 Å². The molecular formula is C10H14O5. The van der Waals surface area contributed by atoms with Crippen LogP contribution in [-0.2, 0) is 23.9 Å².